The Labute approximate surface area is 164 Å². The van der Waals surface area contributed by atoms with Crippen LogP contribution in [0, 0.1) is 0 Å². The zero-order chi connectivity index (χ0) is 17.6. The summed E-state index contributed by atoms with van der Waals surface area (Å²) in [7, 11) is 1.42. The van der Waals surface area contributed by atoms with Crippen molar-refractivity contribution in [2.45, 2.75) is 10.1 Å². The van der Waals surface area contributed by atoms with E-state index in [9.17, 15) is 9.90 Å². The predicted molar refractivity (Wildman–Crippen MR) is 104 cm³/mol. The van der Waals surface area contributed by atoms with E-state index in [2.05, 4.69) is 20.5 Å². The van der Waals surface area contributed by atoms with Gasteiger partial charge in [-0.15, -0.1) is 22.6 Å². The van der Waals surface area contributed by atoms with Crippen LogP contribution in [0.25, 0.3) is 0 Å². The van der Waals surface area contributed by atoms with E-state index in [0.29, 0.717) is 16.4 Å². The first-order valence-electron chi connectivity index (χ1n) is 7.20. The fourth-order valence-electron chi connectivity index (χ4n) is 1.93. The maximum absolute atomic E-state index is 12.3. The molecule has 10 heteroatoms. The highest BCUT2D eigenvalue weighted by Gasteiger charge is 2.13. The number of carbonyl (C=O) groups excluding carboxylic acids is 1. The smallest absolute Gasteiger partial charge is 0.257 e. The molecule has 0 saturated carbocycles. The molecular weight excluding hydrogens is 396 g/mol. The van der Waals surface area contributed by atoms with Crippen LogP contribution in [0.1, 0.15) is 16.1 Å². The minimum Gasteiger partial charge on any atom is -0.504 e. The van der Waals surface area contributed by atoms with Crippen molar-refractivity contribution >= 4 is 46.5 Å². The molecule has 0 saturated heterocycles. The van der Waals surface area contributed by atoms with Crippen molar-refractivity contribution in [2.24, 2.45) is 0 Å². The lowest BCUT2D eigenvalue weighted by molar-refractivity contribution is 0.102. The number of nitrogens with one attached hydrogen (secondary N) is 1. The van der Waals surface area contributed by atoms with E-state index in [1.165, 1.54) is 48.4 Å². The lowest BCUT2D eigenvalue weighted by atomic mass is 10.2. The molecule has 26 heavy (non-hydrogen) atoms. The van der Waals surface area contributed by atoms with Crippen molar-refractivity contribution in [3.05, 3.63) is 53.9 Å². The molecule has 1 amide bonds. The van der Waals surface area contributed by atoms with Crippen LogP contribution in [0.4, 0.5) is 5.13 Å². The van der Waals surface area contributed by atoms with Crippen LogP contribution in [0.5, 0.6) is 11.5 Å². The van der Waals surface area contributed by atoms with E-state index in [1.807, 2.05) is 18.2 Å². The number of hydrogen-bond donors (Lipinski definition) is 2. The molecule has 0 aliphatic heterocycles. The minimum absolute atomic E-state index is 0. The van der Waals surface area contributed by atoms with E-state index in [4.69, 9.17) is 4.74 Å². The van der Waals surface area contributed by atoms with Crippen LogP contribution in [-0.4, -0.2) is 33.3 Å². The Morgan fingerprint density at radius 1 is 1.31 bits per heavy atom. The minimum atomic E-state index is -0.351. The molecule has 0 aliphatic rings. The van der Waals surface area contributed by atoms with E-state index in [0.717, 1.165) is 10.0 Å². The second-order valence-corrected chi connectivity index (χ2v) is 7.02. The SMILES string of the molecule is COc1cc(C(=O)Nc2nnc(SCc3ccccn3)s2)ccc1O.Cl. The molecule has 0 atom stereocenters. The average molecular weight is 411 g/mol. The zero-order valence-corrected chi connectivity index (χ0v) is 16.0. The van der Waals surface area contributed by atoms with Crippen LogP contribution in [-0.2, 0) is 5.75 Å². The number of aromatic nitrogens is 3. The molecule has 0 fully saturated rings. The van der Waals surface area contributed by atoms with Crippen LogP contribution in [0.3, 0.4) is 0 Å². The molecule has 2 aromatic heterocycles. The summed E-state index contributed by atoms with van der Waals surface area (Å²) in [5, 5.41) is 20.7. The zero-order valence-electron chi connectivity index (χ0n) is 13.6. The summed E-state index contributed by atoms with van der Waals surface area (Å²) in [6.45, 7) is 0. The van der Waals surface area contributed by atoms with Crippen molar-refractivity contribution in [3.8, 4) is 11.5 Å². The molecule has 1 aromatic carbocycles. The van der Waals surface area contributed by atoms with Gasteiger partial charge in [-0.1, -0.05) is 29.2 Å². The van der Waals surface area contributed by atoms with E-state index < -0.39 is 0 Å². The molecule has 2 N–H and O–H groups in total. The number of anilines is 1. The number of phenolic OH excluding ortho intramolecular Hbond substituents is 1. The molecule has 136 valence electrons. The Morgan fingerprint density at radius 3 is 2.88 bits per heavy atom. The molecule has 0 aliphatic carbocycles. The van der Waals surface area contributed by atoms with Gasteiger partial charge in [0.15, 0.2) is 15.8 Å². The van der Waals surface area contributed by atoms with Gasteiger partial charge in [0, 0.05) is 17.5 Å². The predicted octanol–water partition coefficient (Wildman–Crippen LogP) is 3.61. The van der Waals surface area contributed by atoms with E-state index >= 15 is 0 Å². The molecule has 0 unspecified atom stereocenters. The van der Waals surface area contributed by atoms with Gasteiger partial charge < -0.3 is 9.84 Å². The van der Waals surface area contributed by atoms with Crippen molar-refractivity contribution in [2.75, 3.05) is 12.4 Å². The number of thioether (sulfide) groups is 1. The van der Waals surface area contributed by atoms with E-state index in [1.54, 1.807) is 6.20 Å². The quantitative estimate of drug-likeness (QED) is 0.473. The van der Waals surface area contributed by atoms with Gasteiger partial charge in [0.25, 0.3) is 5.91 Å². The van der Waals surface area contributed by atoms with E-state index in [-0.39, 0.29) is 29.8 Å². The molecule has 2 heterocycles. The first-order valence-corrected chi connectivity index (χ1v) is 9.00. The highest BCUT2D eigenvalue weighted by molar-refractivity contribution is 8.00. The molecular formula is C16H15ClN4O3S2. The maximum Gasteiger partial charge on any atom is 0.257 e. The number of methoxy groups -OCH3 is 1. The van der Waals surface area contributed by atoms with Gasteiger partial charge in [0.1, 0.15) is 0 Å². The molecule has 0 spiro atoms. The highest BCUT2D eigenvalue weighted by atomic mass is 35.5. The number of hydrogen-bond acceptors (Lipinski definition) is 8. The van der Waals surface area contributed by atoms with Crippen LogP contribution in [0.2, 0.25) is 0 Å². The summed E-state index contributed by atoms with van der Waals surface area (Å²) >= 11 is 2.79. The topological polar surface area (TPSA) is 97.2 Å². The standard InChI is InChI=1S/C16H14N4O3S2.ClH/c1-23-13-8-10(5-6-12(13)21)14(22)18-15-19-20-16(25-15)24-9-11-4-2-3-7-17-11;/h2-8,21H,9H2,1H3,(H,18,19,22);1H. The van der Waals surface area contributed by atoms with Crippen LogP contribution >= 0.6 is 35.5 Å². The number of nitrogens with zero attached hydrogens (tertiary/aromatic N) is 3. The lowest BCUT2D eigenvalue weighted by Gasteiger charge is -2.05. The number of phenols is 1. The Hall–Kier alpha value is -2.36. The Bertz CT molecular complexity index is 877. The lowest BCUT2D eigenvalue weighted by Crippen LogP contribution is -2.11. The molecule has 3 aromatic rings. The normalized spacial score (nSPS) is 10.0. The fourth-order valence-corrected chi connectivity index (χ4v) is 3.59. The van der Waals surface area contributed by atoms with Crippen LogP contribution in [0.15, 0.2) is 46.9 Å². The van der Waals surface area contributed by atoms with Crippen molar-refractivity contribution < 1.29 is 14.6 Å². The average Bonchev–Trinajstić information content (AvgIpc) is 3.08. The number of amides is 1. The van der Waals surface area contributed by atoms with Crippen LogP contribution < -0.4 is 10.1 Å². The third kappa shape index (κ3) is 5.07. The van der Waals surface area contributed by atoms with Crippen molar-refractivity contribution in [1.29, 1.82) is 0 Å². The number of benzene rings is 1. The maximum atomic E-state index is 12.3. The number of halogens is 1. The summed E-state index contributed by atoms with van der Waals surface area (Å²) < 4.78 is 5.74. The summed E-state index contributed by atoms with van der Waals surface area (Å²) in [5.74, 6) is 0.536. The Morgan fingerprint density at radius 2 is 2.15 bits per heavy atom. The second kappa shape index (κ2) is 9.37. The van der Waals surface area contributed by atoms with Gasteiger partial charge >= 0.3 is 0 Å². The van der Waals surface area contributed by atoms with Crippen molar-refractivity contribution in [1.82, 2.24) is 15.2 Å². The molecule has 7 nitrogen and oxygen atoms in total. The first-order chi connectivity index (χ1) is 12.2. The Balaban J connectivity index is 0.00000243. The van der Waals surface area contributed by atoms with Gasteiger partial charge in [-0.25, -0.2) is 0 Å². The summed E-state index contributed by atoms with van der Waals surface area (Å²) in [5.41, 5.74) is 1.30. The summed E-state index contributed by atoms with van der Waals surface area (Å²) in [6, 6.07) is 10.1. The third-order valence-electron chi connectivity index (χ3n) is 3.14. The molecule has 3 rings (SSSR count). The molecule has 0 radical (unpaired) electrons. The number of carbonyl (C=O) groups is 1. The van der Waals surface area contributed by atoms with Gasteiger partial charge in [-0.3, -0.25) is 15.1 Å². The fraction of sp³-hybridized carbons (Fsp3) is 0.125. The summed E-state index contributed by atoms with van der Waals surface area (Å²) in [4.78, 5) is 16.5. The van der Waals surface area contributed by atoms with Gasteiger partial charge in [0.2, 0.25) is 5.13 Å². The van der Waals surface area contributed by atoms with Gasteiger partial charge in [-0.2, -0.15) is 0 Å². The van der Waals surface area contributed by atoms with Crippen molar-refractivity contribution in [3.63, 3.8) is 0 Å². The first kappa shape index (κ1) is 20.0. The van der Waals surface area contributed by atoms with Gasteiger partial charge in [-0.05, 0) is 30.3 Å². The summed E-state index contributed by atoms with van der Waals surface area (Å²) in [6.07, 6.45) is 1.74. The monoisotopic (exact) mass is 410 g/mol. The number of pyridine rings is 1. The number of rotatable bonds is 6. The van der Waals surface area contributed by atoms with Gasteiger partial charge in [0.05, 0.1) is 12.8 Å². The Kier molecular flexibility index (Phi) is 7.19. The largest absolute Gasteiger partial charge is 0.504 e. The third-order valence-corrected chi connectivity index (χ3v) is 5.14. The second-order valence-electron chi connectivity index (χ2n) is 4.82. The molecule has 0 bridgehead atoms. The number of aromatic hydroxyl groups is 1. The highest BCUT2D eigenvalue weighted by Crippen LogP contribution is 2.29. The number of ether oxygens (including phenoxy) is 1.